The van der Waals surface area contributed by atoms with Crippen LogP contribution in [0.1, 0.15) is 60.3 Å². The van der Waals surface area contributed by atoms with E-state index in [-0.39, 0.29) is 0 Å². The van der Waals surface area contributed by atoms with Crippen LogP contribution in [-0.4, -0.2) is 19.4 Å². The number of hydrogen-bond donors (Lipinski definition) is 0. The summed E-state index contributed by atoms with van der Waals surface area (Å²) < 4.78 is 23.7. The second-order valence-electron chi connectivity index (χ2n) is 5.77. The molecule has 0 fully saturated rings. The van der Waals surface area contributed by atoms with Gasteiger partial charge in [0.1, 0.15) is 0 Å². The topological polar surface area (TPSA) is 35.5 Å². The first-order chi connectivity index (χ1) is 8.39. The summed E-state index contributed by atoms with van der Waals surface area (Å²) in [7, 11) is -2.87. The zero-order chi connectivity index (χ0) is 14.0. The van der Waals surface area contributed by atoms with Crippen LogP contribution in [0.25, 0.3) is 0 Å². The fourth-order valence-electron chi connectivity index (χ4n) is 1.42. The van der Waals surface area contributed by atoms with E-state index in [0.717, 1.165) is 12.8 Å². The van der Waals surface area contributed by atoms with Crippen LogP contribution in [0.4, 0.5) is 0 Å². The summed E-state index contributed by atoms with van der Waals surface area (Å²) in [6.07, 6.45) is 4.97. The molecule has 0 bridgehead atoms. The molecule has 18 heavy (non-hydrogen) atoms. The number of unbranched alkanes of at least 4 members (excludes halogenated alkanes) is 3. The zero-order valence-corrected chi connectivity index (χ0v) is 13.7. The standard InChI is InChI=1S/C14H31O3P/c1-6-7-8-9-10-18(15,16-11-13(2)3)17-12-14(4)5/h13-14H,6-12H2,1-5H3. The Bertz CT molecular complexity index is 223. The van der Waals surface area contributed by atoms with Crippen molar-refractivity contribution in [1.82, 2.24) is 0 Å². The quantitative estimate of drug-likeness (QED) is 0.389. The van der Waals surface area contributed by atoms with Crippen molar-refractivity contribution >= 4 is 7.60 Å². The molecule has 0 saturated carbocycles. The summed E-state index contributed by atoms with van der Waals surface area (Å²) in [6.45, 7) is 11.4. The second kappa shape index (κ2) is 10.00. The Morgan fingerprint density at radius 2 is 1.39 bits per heavy atom. The van der Waals surface area contributed by atoms with Crippen LogP contribution in [0.3, 0.4) is 0 Å². The smallest absolute Gasteiger partial charge is 0.308 e. The fraction of sp³-hybridized carbons (Fsp3) is 1.00. The van der Waals surface area contributed by atoms with Crippen molar-refractivity contribution in [1.29, 1.82) is 0 Å². The van der Waals surface area contributed by atoms with Gasteiger partial charge in [-0.2, -0.15) is 0 Å². The zero-order valence-electron chi connectivity index (χ0n) is 12.8. The molecule has 0 radical (unpaired) electrons. The normalized spacial score (nSPS) is 12.6. The minimum absolute atomic E-state index is 0.386. The van der Waals surface area contributed by atoms with E-state index in [1.54, 1.807) is 0 Å². The molecular weight excluding hydrogens is 247 g/mol. The molecule has 3 nitrogen and oxygen atoms in total. The third-order valence-electron chi connectivity index (χ3n) is 2.49. The molecule has 0 aliphatic heterocycles. The summed E-state index contributed by atoms with van der Waals surface area (Å²) in [6, 6.07) is 0. The van der Waals surface area contributed by atoms with Crippen molar-refractivity contribution in [2.24, 2.45) is 11.8 Å². The van der Waals surface area contributed by atoms with E-state index in [0.29, 0.717) is 31.2 Å². The molecule has 0 N–H and O–H groups in total. The Balaban J connectivity index is 4.16. The van der Waals surface area contributed by atoms with Crippen LogP contribution >= 0.6 is 7.60 Å². The van der Waals surface area contributed by atoms with Crippen LogP contribution in [0.5, 0.6) is 0 Å². The first kappa shape index (κ1) is 18.1. The van der Waals surface area contributed by atoms with Gasteiger partial charge in [0.25, 0.3) is 0 Å². The molecule has 0 amide bonds. The highest BCUT2D eigenvalue weighted by Gasteiger charge is 2.24. The Morgan fingerprint density at radius 1 is 0.889 bits per heavy atom. The molecule has 0 aromatic rings. The molecule has 0 aliphatic carbocycles. The summed E-state index contributed by atoms with van der Waals surface area (Å²) >= 11 is 0. The average Bonchev–Trinajstić information content (AvgIpc) is 2.30. The van der Waals surface area contributed by atoms with Gasteiger partial charge in [-0.25, -0.2) is 0 Å². The maximum atomic E-state index is 12.5. The Labute approximate surface area is 113 Å². The third-order valence-corrected chi connectivity index (χ3v) is 4.44. The van der Waals surface area contributed by atoms with Crippen molar-refractivity contribution < 1.29 is 13.6 Å². The molecule has 0 aromatic heterocycles. The first-order valence-corrected chi connectivity index (χ1v) is 9.00. The molecule has 4 heteroatoms. The Hall–Kier alpha value is 0.150. The molecule has 0 rings (SSSR count). The molecule has 0 unspecified atom stereocenters. The lowest BCUT2D eigenvalue weighted by Crippen LogP contribution is -2.08. The van der Waals surface area contributed by atoms with Crippen LogP contribution < -0.4 is 0 Å². The van der Waals surface area contributed by atoms with E-state index in [1.807, 2.05) is 0 Å². The summed E-state index contributed by atoms with van der Waals surface area (Å²) in [5, 5.41) is 0. The van der Waals surface area contributed by atoms with Gasteiger partial charge >= 0.3 is 7.60 Å². The maximum absolute atomic E-state index is 12.5. The minimum atomic E-state index is -2.87. The van der Waals surface area contributed by atoms with Crippen LogP contribution in [0.15, 0.2) is 0 Å². The highest BCUT2D eigenvalue weighted by molar-refractivity contribution is 7.53. The van der Waals surface area contributed by atoms with E-state index < -0.39 is 7.60 Å². The van der Waals surface area contributed by atoms with Gasteiger partial charge in [0.15, 0.2) is 0 Å². The summed E-state index contributed by atoms with van der Waals surface area (Å²) in [5.41, 5.74) is 0. The molecule has 0 atom stereocenters. The Morgan fingerprint density at radius 3 is 1.78 bits per heavy atom. The van der Waals surface area contributed by atoms with Gasteiger partial charge < -0.3 is 9.05 Å². The Kier molecular flexibility index (Phi) is 10.1. The molecule has 110 valence electrons. The van der Waals surface area contributed by atoms with Gasteiger partial charge in [0.2, 0.25) is 0 Å². The van der Waals surface area contributed by atoms with E-state index in [9.17, 15) is 4.57 Å². The van der Waals surface area contributed by atoms with E-state index in [1.165, 1.54) is 12.8 Å². The molecule has 0 aliphatic rings. The number of rotatable bonds is 11. The fourth-order valence-corrected chi connectivity index (χ4v) is 3.42. The highest BCUT2D eigenvalue weighted by Crippen LogP contribution is 2.49. The van der Waals surface area contributed by atoms with Crippen molar-refractivity contribution in [3.8, 4) is 0 Å². The monoisotopic (exact) mass is 278 g/mol. The van der Waals surface area contributed by atoms with Crippen molar-refractivity contribution in [2.75, 3.05) is 19.4 Å². The SMILES string of the molecule is CCCCCCP(=O)(OCC(C)C)OCC(C)C. The van der Waals surface area contributed by atoms with E-state index in [2.05, 4.69) is 34.6 Å². The maximum Gasteiger partial charge on any atom is 0.330 e. The van der Waals surface area contributed by atoms with Crippen LogP contribution in [0, 0.1) is 11.8 Å². The number of hydrogen-bond acceptors (Lipinski definition) is 3. The van der Waals surface area contributed by atoms with Gasteiger partial charge in [-0.15, -0.1) is 0 Å². The minimum Gasteiger partial charge on any atom is -0.308 e. The highest BCUT2D eigenvalue weighted by atomic mass is 31.2. The van der Waals surface area contributed by atoms with E-state index in [4.69, 9.17) is 9.05 Å². The first-order valence-electron chi connectivity index (χ1n) is 7.27. The lowest BCUT2D eigenvalue weighted by molar-refractivity contribution is 0.172. The summed E-state index contributed by atoms with van der Waals surface area (Å²) in [4.78, 5) is 0. The molecule has 0 spiro atoms. The summed E-state index contributed by atoms with van der Waals surface area (Å²) in [5.74, 6) is 0.772. The lowest BCUT2D eigenvalue weighted by Gasteiger charge is -2.20. The largest absolute Gasteiger partial charge is 0.330 e. The average molecular weight is 278 g/mol. The van der Waals surface area contributed by atoms with Gasteiger partial charge in [0.05, 0.1) is 19.4 Å². The molecule has 0 saturated heterocycles. The molecular formula is C14H31O3P. The van der Waals surface area contributed by atoms with Crippen molar-refractivity contribution in [3.05, 3.63) is 0 Å². The predicted molar refractivity (Wildman–Crippen MR) is 78.2 cm³/mol. The molecule has 0 heterocycles. The van der Waals surface area contributed by atoms with Gasteiger partial charge in [-0.3, -0.25) is 4.57 Å². The van der Waals surface area contributed by atoms with Gasteiger partial charge in [-0.1, -0.05) is 53.9 Å². The third kappa shape index (κ3) is 10.1. The van der Waals surface area contributed by atoms with Crippen LogP contribution in [0.2, 0.25) is 0 Å². The second-order valence-corrected chi connectivity index (χ2v) is 7.96. The van der Waals surface area contributed by atoms with Crippen LogP contribution in [-0.2, 0) is 13.6 Å². The predicted octanol–water partition coefficient (Wildman–Crippen LogP) is 5.11. The van der Waals surface area contributed by atoms with Gasteiger partial charge in [0, 0.05) is 0 Å². The lowest BCUT2D eigenvalue weighted by atomic mass is 10.2. The molecule has 0 aromatic carbocycles. The van der Waals surface area contributed by atoms with Gasteiger partial charge in [-0.05, 0) is 18.3 Å². The van der Waals surface area contributed by atoms with E-state index >= 15 is 0 Å². The van der Waals surface area contributed by atoms with Crippen molar-refractivity contribution in [2.45, 2.75) is 60.3 Å². The van der Waals surface area contributed by atoms with Crippen molar-refractivity contribution in [3.63, 3.8) is 0 Å².